The molecule has 0 fully saturated rings. The molecule has 7 rings (SSSR count). The van der Waals surface area contributed by atoms with E-state index in [2.05, 4.69) is 35.4 Å². The second-order valence-corrected chi connectivity index (χ2v) is 11.9. The summed E-state index contributed by atoms with van der Waals surface area (Å²) in [5.41, 5.74) is 3.94. The van der Waals surface area contributed by atoms with Crippen LogP contribution in [0.2, 0.25) is 0 Å². The SMILES string of the molecule is COc1ccc(CN(Cc2ccc(OC)cc2)c2ncnn3c(-c4cnn(-c5cc(NC(=O)c6cc(C(F)(F)F)ccn6)cnc5C)c4)cnc23)cc1. The summed E-state index contributed by atoms with van der Waals surface area (Å²) in [6.45, 7) is 2.81. The van der Waals surface area contributed by atoms with Crippen LogP contribution in [0.15, 0.2) is 104 Å². The average molecular weight is 721 g/mol. The number of nitrogens with zero attached hydrogens (tertiary/aromatic N) is 9. The Bertz CT molecular complexity index is 2340. The van der Waals surface area contributed by atoms with Crippen molar-refractivity contribution in [2.75, 3.05) is 24.4 Å². The van der Waals surface area contributed by atoms with E-state index in [1.54, 1.807) is 55.0 Å². The van der Waals surface area contributed by atoms with Gasteiger partial charge < -0.3 is 19.7 Å². The average Bonchev–Trinajstić information content (AvgIpc) is 3.83. The topological polar surface area (TPSA) is 137 Å². The summed E-state index contributed by atoms with van der Waals surface area (Å²) in [6.07, 6.45) is 4.31. The largest absolute Gasteiger partial charge is 0.497 e. The number of anilines is 2. The van der Waals surface area contributed by atoms with Crippen molar-refractivity contribution in [3.63, 3.8) is 0 Å². The molecule has 0 aliphatic rings. The van der Waals surface area contributed by atoms with Gasteiger partial charge in [-0.25, -0.2) is 19.2 Å². The number of ether oxygens (including phenoxy) is 2. The predicted octanol–water partition coefficient (Wildman–Crippen LogP) is 6.57. The second-order valence-electron chi connectivity index (χ2n) is 11.9. The molecular formula is C37H31F3N10O3. The van der Waals surface area contributed by atoms with Crippen molar-refractivity contribution in [1.82, 2.24) is 39.3 Å². The van der Waals surface area contributed by atoms with E-state index in [9.17, 15) is 18.0 Å². The van der Waals surface area contributed by atoms with Gasteiger partial charge in [-0.15, -0.1) is 0 Å². The van der Waals surface area contributed by atoms with Gasteiger partial charge in [0.15, 0.2) is 11.5 Å². The monoisotopic (exact) mass is 720 g/mol. The number of rotatable bonds is 11. The summed E-state index contributed by atoms with van der Waals surface area (Å²) < 4.78 is 53.5. The van der Waals surface area contributed by atoms with Gasteiger partial charge in [-0.05, 0) is 60.5 Å². The highest BCUT2D eigenvalue weighted by atomic mass is 19.4. The second kappa shape index (κ2) is 14.4. The number of aromatic nitrogens is 8. The summed E-state index contributed by atoms with van der Waals surface area (Å²) in [7, 11) is 3.26. The number of carbonyl (C=O) groups is 1. The van der Waals surface area contributed by atoms with Crippen LogP contribution in [0.3, 0.4) is 0 Å². The van der Waals surface area contributed by atoms with E-state index in [-0.39, 0.29) is 11.4 Å². The fourth-order valence-corrected chi connectivity index (χ4v) is 5.67. The summed E-state index contributed by atoms with van der Waals surface area (Å²) in [5.74, 6) is 1.31. The third kappa shape index (κ3) is 7.46. The van der Waals surface area contributed by atoms with Gasteiger partial charge in [-0.3, -0.25) is 14.8 Å². The van der Waals surface area contributed by atoms with Crippen molar-refractivity contribution in [3.05, 3.63) is 132 Å². The van der Waals surface area contributed by atoms with E-state index in [1.165, 1.54) is 12.5 Å². The van der Waals surface area contributed by atoms with Gasteiger partial charge >= 0.3 is 6.18 Å². The molecule has 5 heterocycles. The normalized spacial score (nSPS) is 11.4. The van der Waals surface area contributed by atoms with Gasteiger partial charge in [-0.2, -0.15) is 23.4 Å². The first kappa shape index (κ1) is 34.6. The first-order valence-corrected chi connectivity index (χ1v) is 16.2. The van der Waals surface area contributed by atoms with E-state index in [0.717, 1.165) is 34.9 Å². The number of hydrogen-bond donors (Lipinski definition) is 1. The summed E-state index contributed by atoms with van der Waals surface area (Å²) in [4.78, 5) is 32.5. The maximum atomic E-state index is 13.2. The number of halogens is 3. The lowest BCUT2D eigenvalue weighted by Gasteiger charge is -2.24. The minimum absolute atomic E-state index is 0.243. The van der Waals surface area contributed by atoms with Crippen molar-refractivity contribution >= 4 is 23.1 Å². The highest BCUT2D eigenvalue weighted by Gasteiger charge is 2.31. The number of methoxy groups -OCH3 is 2. The van der Waals surface area contributed by atoms with Crippen molar-refractivity contribution in [3.8, 4) is 28.4 Å². The number of imidazole rings is 1. The number of aryl methyl sites for hydroxylation is 1. The van der Waals surface area contributed by atoms with Crippen LogP contribution < -0.4 is 19.7 Å². The van der Waals surface area contributed by atoms with E-state index in [1.807, 2.05) is 48.5 Å². The first-order valence-electron chi connectivity index (χ1n) is 16.2. The molecule has 0 bridgehead atoms. The molecule has 0 aliphatic carbocycles. The number of benzene rings is 2. The lowest BCUT2D eigenvalue weighted by atomic mass is 10.1. The van der Waals surface area contributed by atoms with Crippen LogP contribution in [-0.2, 0) is 19.3 Å². The summed E-state index contributed by atoms with van der Waals surface area (Å²) in [5, 5.41) is 11.6. The Labute approximate surface area is 300 Å². The number of fused-ring (bicyclic) bond motifs is 1. The molecule has 1 amide bonds. The van der Waals surface area contributed by atoms with Crippen LogP contribution >= 0.6 is 0 Å². The Kier molecular flexibility index (Phi) is 9.41. The quantitative estimate of drug-likeness (QED) is 0.156. The molecule has 13 nitrogen and oxygen atoms in total. The highest BCUT2D eigenvalue weighted by Crippen LogP contribution is 2.30. The molecule has 5 aromatic heterocycles. The van der Waals surface area contributed by atoms with Crippen molar-refractivity contribution in [2.24, 2.45) is 0 Å². The third-order valence-corrected chi connectivity index (χ3v) is 8.41. The molecule has 16 heteroatoms. The summed E-state index contributed by atoms with van der Waals surface area (Å²) in [6, 6.07) is 18.8. The first-order chi connectivity index (χ1) is 25.6. The van der Waals surface area contributed by atoms with Crippen molar-refractivity contribution in [2.45, 2.75) is 26.2 Å². The Balaban J connectivity index is 1.17. The number of amides is 1. The van der Waals surface area contributed by atoms with Gasteiger partial charge in [0.05, 0.1) is 61.1 Å². The molecular weight excluding hydrogens is 689 g/mol. The molecule has 1 N–H and O–H groups in total. The van der Waals surface area contributed by atoms with Crippen molar-refractivity contribution in [1.29, 1.82) is 0 Å². The van der Waals surface area contributed by atoms with Gasteiger partial charge in [-0.1, -0.05) is 24.3 Å². The Morgan fingerprint density at radius 1 is 0.830 bits per heavy atom. The van der Waals surface area contributed by atoms with Crippen LogP contribution in [-0.4, -0.2) is 59.5 Å². The van der Waals surface area contributed by atoms with Crippen LogP contribution in [0.1, 0.15) is 32.9 Å². The molecule has 0 atom stereocenters. The predicted molar refractivity (Wildman–Crippen MR) is 189 cm³/mol. The molecule has 268 valence electrons. The van der Waals surface area contributed by atoms with Crippen LogP contribution in [0, 0.1) is 6.92 Å². The molecule has 0 radical (unpaired) electrons. The number of carbonyl (C=O) groups excluding carboxylic acids is 1. The Morgan fingerprint density at radius 3 is 2.15 bits per heavy atom. The fraction of sp³-hybridized carbons (Fsp3) is 0.162. The standard InChI is InChI=1S/C37H31F3N10O3/c1-23-32(15-28(17-42-23)47-36(51)31-14-27(12-13-41-31)37(38,39)40)49-21-26(16-45-49)33-18-43-35-34(44-22-46-50(33)35)48(19-24-4-8-29(52-2)9-5-24)20-25-6-10-30(53-3)11-7-25/h4-18,21-22H,19-20H2,1-3H3,(H,47,51). The van der Waals surface area contributed by atoms with Crippen LogP contribution in [0.4, 0.5) is 24.7 Å². The van der Waals surface area contributed by atoms with Crippen molar-refractivity contribution < 1.29 is 27.4 Å². The zero-order valence-corrected chi connectivity index (χ0v) is 28.6. The molecule has 0 saturated heterocycles. The van der Waals surface area contributed by atoms with Crippen LogP contribution in [0.5, 0.6) is 11.5 Å². The smallest absolute Gasteiger partial charge is 0.416 e. The zero-order chi connectivity index (χ0) is 37.1. The number of alkyl halides is 3. The lowest BCUT2D eigenvalue weighted by molar-refractivity contribution is -0.137. The highest BCUT2D eigenvalue weighted by molar-refractivity contribution is 6.03. The number of pyridine rings is 2. The van der Waals surface area contributed by atoms with Gasteiger partial charge in [0.25, 0.3) is 5.91 Å². The molecule has 0 unspecified atom stereocenters. The van der Waals surface area contributed by atoms with Crippen LogP contribution in [0.25, 0.3) is 22.6 Å². The molecule has 0 aliphatic heterocycles. The Morgan fingerprint density at radius 2 is 1.51 bits per heavy atom. The van der Waals surface area contributed by atoms with E-state index < -0.39 is 17.6 Å². The maximum absolute atomic E-state index is 13.2. The van der Waals surface area contributed by atoms with Gasteiger partial charge in [0.2, 0.25) is 0 Å². The molecule has 2 aromatic carbocycles. The Hall–Kier alpha value is -6.84. The molecule has 53 heavy (non-hydrogen) atoms. The maximum Gasteiger partial charge on any atom is 0.416 e. The van der Waals surface area contributed by atoms with Gasteiger partial charge in [0.1, 0.15) is 23.5 Å². The molecule has 0 saturated carbocycles. The molecule has 0 spiro atoms. The molecule has 7 aromatic rings. The number of nitrogens with one attached hydrogen (secondary N) is 1. The van der Waals surface area contributed by atoms with E-state index >= 15 is 0 Å². The number of hydrogen-bond acceptors (Lipinski definition) is 10. The van der Waals surface area contributed by atoms with E-state index in [4.69, 9.17) is 14.5 Å². The van der Waals surface area contributed by atoms with Gasteiger partial charge in [0, 0.05) is 31.0 Å². The fourth-order valence-electron chi connectivity index (χ4n) is 5.67. The minimum atomic E-state index is -4.61. The van der Waals surface area contributed by atoms with E-state index in [0.29, 0.717) is 53.3 Å². The lowest BCUT2D eigenvalue weighted by Crippen LogP contribution is -2.24. The summed E-state index contributed by atoms with van der Waals surface area (Å²) >= 11 is 0. The third-order valence-electron chi connectivity index (χ3n) is 8.41. The zero-order valence-electron chi connectivity index (χ0n) is 28.6. The minimum Gasteiger partial charge on any atom is -0.497 e.